The van der Waals surface area contributed by atoms with Crippen LogP contribution in [-0.4, -0.2) is 43.8 Å². The summed E-state index contributed by atoms with van der Waals surface area (Å²) < 4.78 is 9.38. The molecule has 0 heterocycles. The highest BCUT2D eigenvalue weighted by Crippen LogP contribution is 2.07. The summed E-state index contributed by atoms with van der Waals surface area (Å²) in [4.78, 5) is 22.3. The van der Waals surface area contributed by atoms with E-state index in [1.165, 1.54) is 14.2 Å². The third kappa shape index (κ3) is 3.97. The number of thioether (sulfide) groups is 1. The van der Waals surface area contributed by atoms with E-state index in [9.17, 15) is 9.59 Å². The van der Waals surface area contributed by atoms with Gasteiger partial charge >= 0.3 is 6.09 Å². The fraction of sp³-hybridized carbons (Fsp3) is 0.750. The molecule has 1 amide bonds. The number of hydrogen-bond acceptors (Lipinski definition) is 5. The minimum Gasteiger partial charge on any atom is -0.453 e. The minimum absolute atomic E-state index is 0.162. The Morgan fingerprint density at radius 1 is 1.36 bits per heavy atom. The van der Waals surface area contributed by atoms with E-state index in [1.807, 2.05) is 0 Å². The molecule has 1 N–H and O–H groups in total. The van der Waals surface area contributed by atoms with Crippen LogP contribution >= 0.6 is 11.8 Å². The molecule has 5 nitrogen and oxygen atoms in total. The molecule has 0 aliphatic carbocycles. The van der Waals surface area contributed by atoms with Gasteiger partial charge in [0.25, 0.3) is 0 Å². The highest BCUT2D eigenvalue weighted by Gasteiger charge is 2.26. The first-order chi connectivity index (χ1) is 6.56. The predicted octanol–water partition coefficient (Wildman–Crippen LogP) is 0.635. The van der Waals surface area contributed by atoms with Crippen molar-refractivity contribution >= 4 is 23.0 Å². The van der Waals surface area contributed by atoms with E-state index in [2.05, 4.69) is 10.1 Å². The van der Waals surface area contributed by atoms with Crippen molar-refractivity contribution in [3.8, 4) is 0 Å². The first kappa shape index (κ1) is 13.2. The van der Waals surface area contributed by atoms with Crippen molar-refractivity contribution in [2.24, 2.45) is 0 Å². The summed E-state index contributed by atoms with van der Waals surface area (Å²) in [6, 6.07) is -0.678. The lowest BCUT2D eigenvalue weighted by Crippen LogP contribution is -2.47. The van der Waals surface area contributed by atoms with Gasteiger partial charge in [0.1, 0.15) is 6.04 Å². The molecule has 6 heteroatoms. The Hall–Kier alpha value is -0.750. The summed E-state index contributed by atoms with van der Waals surface area (Å²) in [5.41, 5.74) is 0. The Kier molecular flexibility index (Phi) is 6.31. The minimum atomic E-state index is -0.678. The van der Waals surface area contributed by atoms with Crippen molar-refractivity contribution in [3.63, 3.8) is 0 Å². The number of rotatable bonds is 4. The molecule has 0 aliphatic rings. The first-order valence-electron chi connectivity index (χ1n) is 4.01. The predicted molar refractivity (Wildman–Crippen MR) is 54.3 cm³/mol. The number of hydrogen-bond donors (Lipinski definition) is 1. The largest absolute Gasteiger partial charge is 0.453 e. The second-order valence-corrected chi connectivity index (χ2v) is 3.39. The molecule has 0 radical (unpaired) electrons. The van der Waals surface area contributed by atoms with Crippen LogP contribution in [0.4, 0.5) is 4.79 Å². The molecule has 14 heavy (non-hydrogen) atoms. The third-order valence-corrected chi connectivity index (χ3v) is 2.41. The molecular weight excluding hydrogens is 206 g/mol. The molecule has 2 atom stereocenters. The molecule has 0 rings (SSSR count). The number of alkyl carbamates (subject to hydrolysis) is 1. The maximum absolute atomic E-state index is 11.4. The number of nitrogens with one attached hydrogen (secondary N) is 1. The monoisotopic (exact) mass is 221 g/mol. The number of methoxy groups -OCH3 is 2. The van der Waals surface area contributed by atoms with Crippen LogP contribution in [0.15, 0.2) is 0 Å². The summed E-state index contributed by atoms with van der Waals surface area (Å²) >= 11 is 1.04. The number of carbonyl (C=O) groups is 2. The van der Waals surface area contributed by atoms with Gasteiger partial charge < -0.3 is 14.8 Å². The molecule has 0 aromatic heterocycles. The number of carbonyl (C=O) groups excluding carboxylic acids is 2. The zero-order valence-corrected chi connectivity index (χ0v) is 9.51. The highest BCUT2D eigenvalue weighted by molar-refractivity contribution is 8.13. The van der Waals surface area contributed by atoms with Crippen LogP contribution in [0.3, 0.4) is 0 Å². The second-order valence-electron chi connectivity index (χ2n) is 2.58. The van der Waals surface area contributed by atoms with Crippen LogP contribution < -0.4 is 5.32 Å². The van der Waals surface area contributed by atoms with E-state index in [-0.39, 0.29) is 11.2 Å². The van der Waals surface area contributed by atoms with Crippen LogP contribution in [0, 0.1) is 0 Å². The molecule has 0 aromatic rings. The van der Waals surface area contributed by atoms with Gasteiger partial charge in [0, 0.05) is 7.11 Å². The Balaban J connectivity index is 4.39. The summed E-state index contributed by atoms with van der Waals surface area (Å²) in [5, 5.41) is 2.25. The molecule has 0 aliphatic heterocycles. The molecule has 0 saturated heterocycles. The molecule has 82 valence electrons. The standard InChI is InChI=1S/C8H15NO4S/c1-5(12-2)6(7(10)14-4)9-8(11)13-3/h5-6H,1-4H3,(H,9,11)/t5-,6-/m1/s1. The van der Waals surface area contributed by atoms with E-state index in [0.29, 0.717) is 0 Å². The van der Waals surface area contributed by atoms with Gasteiger partial charge in [-0.15, -0.1) is 0 Å². The molecule has 0 fully saturated rings. The molecule has 0 bridgehead atoms. The van der Waals surface area contributed by atoms with Crippen LogP contribution in [0.25, 0.3) is 0 Å². The normalized spacial score (nSPS) is 14.3. The van der Waals surface area contributed by atoms with Gasteiger partial charge in [-0.1, -0.05) is 11.8 Å². The SMILES string of the molecule is COC(=O)N[C@@H](C(=O)SC)[C@@H](C)OC. The van der Waals surface area contributed by atoms with Crippen LogP contribution in [-0.2, 0) is 14.3 Å². The first-order valence-corrected chi connectivity index (χ1v) is 5.24. The topological polar surface area (TPSA) is 64.6 Å². The summed E-state index contributed by atoms with van der Waals surface area (Å²) in [6.07, 6.45) is 0.631. The van der Waals surface area contributed by atoms with Gasteiger partial charge in [0.15, 0.2) is 0 Å². The fourth-order valence-corrected chi connectivity index (χ4v) is 1.32. The quantitative estimate of drug-likeness (QED) is 0.754. The highest BCUT2D eigenvalue weighted by atomic mass is 32.2. The number of amides is 1. The summed E-state index contributed by atoms with van der Waals surface area (Å²) in [5.74, 6) is 0. The molecule has 0 aromatic carbocycles. The molecule has 0 spiro atoms. The van der Waals surface area contributed by atoms with Crippen molar-refractivity contribution in [2.75, 3.05) is 20.5 Å². The average Bonchev–Trinajstić information content (AvgIpc) is 2.23. The van der Waals surface area contributed by atoms with Crippen molar-refractivity contribution < 1.29 is 19.1 Å². The zero-order chi connectivity index (χ0) is 11.1. The van der Waals surface area contributed by atoms with Gasteiger partial charge in [-0.05, 0) is 13.2 Å². The zero-order valence-electron chi connectivity index (χ0n) is 8.70. The van der Waals surface area contributed by atoms with Gasteiger partial charge in [-0.25, -0.2) is 4.79 Å². The van der Waals surface area contributed by atoms with Gasteiger partial charge in [0.2, 0.25) is 5.12 Å². The van der Waals surface area contributed by atoms with Crippen molar-refractivity contribution in [3.05, 3.63) is 0 Å². The van der Waals surface area contributed by atoms with E-state index < -0.39 is 12.1 Å². The van der Waals surface area contributed by atoms with Crippen LogP contribution in [0.2, 0.25) is 0 Å². The average molecular weight is 221 g/mol. The van der Waals surface area contributed by atoms with E-state index in [4.69, 9.17) is 4.74 Å². The smallest absolute Gasteiger partial charge is 0.407 e. The maximum atomic E-state index is 11.4. The lowest BCUT2D eigenvalue weighted by molar-refractivity contribution is -0.115. The maximum Gasteiger partial charge on any atom is 0.407 e. The van der Waals surface area contributed by atoms with Crippen LogP contribution in [0.5, 0.6) is 0 Å². The third-order valence-electron chi connectivity index (χ3n) is 1.76. The fourth-order valence-electron chi connectivity index (χ4n) is 0.817. The Morgan fingerprint density at radius 2 is 1.93 bits per heavy atom. The van der Waals surface area contributed by atoms with Crippen LogP contribution in [0.1, 0.15) is 6.92 Å². The summed E-state index contributed by atoms with van der Waals surface area (Å²) in [7, 11) is 2.72. The Bertz CT molecular complexity index is 210. The lowest BCUT2D eigenvalue weighted by atomic mass is 10.2. The van der Waals surface area contributed by atoms with E-state index in [1.54, 1.807) is 13.2 Å². The van der Waals surface area contributed by atoms with Gasteiger partial charge in [0.05, 0.1) is 13.2 Å². The Labute approximate surface area is 87.5 Å². The molecular formula is C8H15NO4S. The Morgan fingerprint density at radius 3 is 2.29 bits per heavy atom. The van der Waals surface area contributed by atoms with Gasteiger partial charge in [-0.2, -0.15) is 0 Å². The van der Waals surface area contributed by atoms with E-state index >= 15 is 0 Å². The van der Waals surface area contributed by atoms with E-state index in [0.717, 1.165) is 11.8 Å². The summed E-state index contributed by atoms with van der Waals surface area (Å²) in [6.45, 7) is 1.70. The number of ether oxygens (including phenoxy) is 2. The van der Waals surface area contributed by atoms with Crippen molar-refractivity contribution in [1.29, 1.82) is 0 Å². The second kappa shape index (κ2) is 6.67. The van der Waals surface area contributed by atoms with Crippen molar-refractivity contribution in [2.45, 2.75) is 19.1 Å². The lowest BCUT2D eigenvalue weighted by Gasteiger charge is -2.20. The molecule has 0 unspecified atom stereocenters. The van der Waals surface area contributed by atoms with Crippen molar-refractivity contribution in [1.82, 2.24) is 5.32 Å². The molecule has 0 saturated carbocycles. The van der Waals surface area contributed by atoms with Gasteiger partial charge in [-0.3, -0.25) is 4.79 Å².